The second-order valence-corrected chi connectivity index (χ2v) is 3.67. The van der Waals surface area contributed by atoms with Crippen molar-refractivity contribution in [1.82, 2.24) is 0 Å². The van der Waals surface area contributed by atoms with Crippen molar-refractivity contribution >= 4 is 11.4 Å². The molecule has 1 aliphatic heterocycles. The van der Waals surface area contributed by atoms with Crippen LogP contribution in [-0.2, 0) is 4.74 Å². The molecule has 6 nitrogen and oxygen atoms in total. The van der Waals surface area contributed by atoms with E-state index in [1.807, 2.05) is 6.07 Å². The molecule has 1 fully saturated rings. The SMILES string of the molecule is C1CCOC1.CNc1cc(C#N)ccc1[N+](=O)[O-]. The lowest BCUT2D eigenvalue weighted by Crippen LogP contribution is -1.96. The minimum atomic E-state index is -0.493. The molecule has 18 heavy (non-hydrogen) atoms. The van der Waals surface area contributed by atoms with Crippen LogP contribution in [0.4, 0.5) is 11.4 Å². The fourth-order valence-corrected chi connectivity index (χ4v) is 1.48. The Morgan fingerprint density at radius 3 is 2.50 bits per heavy atom. The Morgan fingerprint density at radius 1 is 1.44 bits per heavy atom. The number of ether oxygens (including phenoxy) is 1. The normalized spacial score (nSPS) is 13.1. The van der Waals surface area contributed by atoms with Gasteiger partial charge in [0.2, 0.25) is 0 Å². The first-order valence-electron chi connectivity index (χ1n) is 5.63. The molecule has 0 unspecified atom stereocenters. The number of rotatable bonds is 2. The van der Waals surface area contributed by atoms with Crippen molar-refractivity contribution in [2.24, 2.45) is 0 Å². The van der Waals surface area contributed by atoms with Gasteiger partial charge in [0.1, 0.15) is 5.69 Å². The van der Waals surface area contributed by atoms with Crippen LogP contribution >= 0.6 is 0 Å². The van der Waals surface area contributed by atoms with Crippen LogP contribution in [0.5, 0.6) is 0 Å². The van der Waals surface area contributed by atoms with E-state index in [1.165, 1.54) is 31.0 Å². The first-order valence-corrected chi connectivity index (χ1v) is 5.63. The van der Waals surface area contributed by atoms with E-state index in [2.05, 4.69) is 5.32 Å². The van der Waals surface area contributed by atoms with Crippen molar-refractivity contribution in [3.05, 3.63) is 33.9 Å². The van der Waals surface area contributed by atoms with Gasteiger partial charge in [0.05, 0.1) is 16.6 Å². The first kappa shape index (κ1) is 13.9. The fourth-order valence-electron chi connectivity index (χ4n) is 1.48. The number of nitro benzene ring substituents is 1. The molecule has 0 aliphatic carbocycles. The van der Waals surface area contributed by atoms with E-state index in [-0.39, 0.29) is 5.69 Å². The average molecular weight is 249 g/mol. The smallest absolute Gasteiger partial charge is 0.292 e. The van der Waals surface area contributed by atoms with Gasteiger partial charge < -0.3 is 10.1 Å². The molecule has 0 radical (unpaired) electrons. The molecule has 0 amide bonds. The van der Waals surface area contributed by atoms with Gasteiger partial charge in [-0.1, -0.05) is 0 Å². The Labute approximate surface area is 105 Å². The zero-order valence-corrected chi connectivity index (χ0v) is 10.2. The van der Waals surface area contributed by atoms with Gasteiger partial charge in [-0.2, -0.15) is 5.26 Å². The maximum Gasteiger partial charge on any atom is 0.292 e. The minimum absolute atomic E-state index is 0.0264. The molecule has 2 rings (SSSR count). The quantitative estimate of drug-likeness (QED) is 0.641. The van der Waals surface area contributed by atoms with Crippen LogP contribution in [0.1, 0.15) is 18.4 Å². The van der Waals surface area contributed by atoms with Crippen LogP contribution in [0.25, 0.3) is 0 Å². The van der Waals surface area contributed by atoms with Crippen LogP contribution in [0.15, 0.2) is 18.2 Å². The van der Waals surface area contributed by atoms with Gasteiger partial charge in [-0.25, -0.2) is 0 Å². The second-order valence-electron chi connectivity index (χ2n) is 3.67. The minimum Gasteiger partial charge on any atom is -0.383 e. The first-order chi connectivity index (χ1) is 8.69. The molecule has 1 aromatic carbocycles. The summed E-state index contributed by atoms with van der Waals surface area (Å²) in [6.45, 7) is 2.00. The molecular weight excluding hydrogens is 234 g/mol. The largest absolute Gasteiger partial charge is 0.383 e. The summed E-state index contributed by atoms with van der Waals surface area (Å²) < 4.78 is 4.94. The lowest BCUT2D eigenvalue weighted by molar-refractivity contribution is -0.383. The van der Waals surface area contributed by atoms with Gasteiger partial charge >= 0.3 is 0 Å². The predicted molar refractivity (Wildman–Crippen MR) is 67.4 cm³/mol. The summed E-state index contributed by atoms with van der Waals surface area (Å²) in [7, 11) is 1.57. The lowest BCUT2D eigenvalue weighted by atomic mass is 10.2. The number of hydrogen-bond donors (Lipinski definition) is 1. The fraction of sp³-hybridized carbons (Fsp3) is 0.417. The summed E-state index contributed by atoms with van der Waals surface area (Å²) in [6, 6.07) is 6.07. The van der Waals surface area contributed by atoms with Gasteiger partial charge in [-0.15, -0.1) is 0 Å². The van der Waals surface area contributed by atoms with E-state index >= 15 is 0 Å². The van der Waals surface area contributed by atoms with Crippen LogP contribution < -0.4 is 5.32 Å². The van der Waals surface area contributed by atoms with Gasteiger partial charge in [0.15, 0.2) is 0 Å². The van der Waals surface area contributed by atoms with Gasteiger partial charge in [0, 0.05) is 26.3 Å². The highest BCUT2D eigenvalue weighted by Crippen LogP contribution is 2.24. The Kier molecular flexibility index (Phi) is 5.61. The van der Waals surface area contributed by atoms with E-state index in [0.717, 1.165) is 13.2 Å². The van der Waals surface area contributed by atoms with E-state index in [4.69, 9.17) is 10.00 Å². The van der Waals surface area contributed by atoms with Gasteiger partial charge in [0.25, 0.3) is 5.69 Å². The molecule has 1 aliphatic rings. The predicted octanol–water partition coefficient (Wildman–Crippen LogP) is 2.30. The van der Waals surface area contributed by atoms with Crippen molar-refractivity contribution in [1.29, 1.82) is 5.26 Å². The van der Waals surface area contributed by atoms with Crippen molar-refractivity contribution in [3.8, 4) is 6.07 Å². The van der Waals surface area contributed by atoms with Crippen LogP contribution in [0.3, 0.4) is 0 Å². The summed E-state index contributed by atoms with van der Waals surface area (Å²) in [5, 5.41) is 21.7. The third-order valence-electron chi connectivity index (χ3n) is 2.42. The third-order valence-corrected chi connectivity index (χ3v) is 2.42. The monoisotopic (exact) mass is 249 g/mol. The number of hydrogen-bond acceptors (Lipinski definition) is 5. The summed E-state index contributed by atoms with van der Waals surface area (Å²) in [5.41, 5.74) is 0.723. The van der Waals surface area contributed by atoms with Crippen molar-refractivity contribution < 1.29 is 9.66 Å². The Balaban J connectivity index is 0.000000269. The van der Waals surface area contributed by atoms with Crippen LogP contribution in [-0.4, -0.2) is 25.2 Å². The number of nitrogens with one attached hydrogen (secondary N) is 1. The van der Waals surface area contributed by atoms with Crippen LogP contribution in [0, 0.1) is 21.4 Å². The third kappa shape index (κ3) is 4.03. The maximum absolute atomic E-state index is 10.5. The molecule has 1 heterocycles. The molecule has 6 heteroatoms. The average Bonchev–Trinajstić information content (AvgIpc) is 2.96. The number of anilines is 1. The zero-order valence-electron chi connectivity index (χ0n) is 10.2. The summed E-state index contributed by atoms with van der Waals surface area (Å²) >= 11 is 0. The molecule has 1 aromatic rings. The Hall–Kier alpha value is -2.13. The number of nitriles is 1. The van der Waals surface area contributed by atoms with Crippen molar-refractivity contribution in [3.63, 3.8) is 0 Å². The molecule has 1 saturated heterocycles. The standard InChI is InChI=1S/C8H7N3O2.C4H8O/c1-10-7-4-6(5-9)2-3-8(7)11(12)13;1-2-4-5-3-1/h2-4,10H,1H3;1-4H2. The van der Waals surface area contributed by atoms with Gasteiger partial charge in [-0.3, -0.25) is 10.1 Å². The number of benzene rings is 1. The second kappa shape index (κ2) is 7.25. The van der Waals surface area contributed by atoms with Crippen molar-refractivity contribution in [2.45, 2.75) is 12.8 Å². The topological polar surface area (TPSA) is 88.2 Å². The molecular formula is C12H15N3O3. The van der Waals surface area contributed by atoms with Gasteiger partial charge in [-0.05, 0) is 25.0 Å². The molecule has 1 N–H and O–H groups in total. The molecule has 0 spiro atoms. The highest BCUT2D eigenvalue weighted by atomic mass is 16.6. The van der Waals surface area contributed by atoms with E-state index in [0.29, 0.717) is 11.3 Å². The number of nitrogens with zero attached hydrogens (tertiary/aromatic N) is 2. The van der Waals surface area contributed by atoms with Crippen LogP contribution in [0.2, 0.25) is 0 Å². The highest BCUT2D eigenvalue weighted by molar-refractivity contribution is 5.63. The Bertz CT molecular complexity index is 443. The lowest BCUT2D eigenvalue weighted by Gasteiger charge is -2.00. The maximum atomic E-state index is 10.5. The summed E-state index contributed by atoms with van der Waals surface area (Å²) in [6.07, 6.45) is 2.56. The van der Waals surface area contributed by atoms with E-state index in [1.54, 1.807) is 7.05 Å². The zero-order chi connectivity index (χ0) is 13.4. The molecule has 96 valence electrons. The van der Waals surface area contributed by atoms with E-state index < -0.39 is 4.92 Å². The molecule has 0 aromatic heterocycles. The molecule has 0 saturated carbocycles. The molecule has 0 atom stereocenters. The molecule has 0 bridgehead atoms. The highest BCUT2D eigenvalue weighted by Gasteiger charge is 2.12. The summed E-state index contributed by atoms with van der Waals surface area (Å²) in [5.74, 6) is 0. The Morgan fingerprint density at radius 2 is 2.11 bits per heavy atom. The number of nitro groups is 1. The summed E-state index contributed by atoms with van der Waals surface area (Å²) in [4.78, 5) is 9.97. The van der Waals surface area contributed by atoms with E-state index in [9.17, 15) is 10.1 Å². The van der Waals surface area contributed by atoms with Crippen molar-refractivity contribution in [2.75, 3.05) is 25.6 Å².